The Morgan fingerprint density at radius 2 is 1.65 bits per heavy atom. The molecule has 0 aromatic carbocycles. The van der Waals surface area contributed by atoms with Crippen molar-refractivity contribution >= 4 is 40.0 Å². The zero-order valence-electron chi connectivity index (χ0n) is 10.5. The molecule has 0 saturated heterocycles. The molecule has 0 atom stereocenters. The summed E-state index contributed by atoms with van der Waals surface area (Å²) in [6.07, 6.45) is 4.78. The predicted molar refractivity (Wildman–Crippen MR) is 99.6 cm³/mol. The smallest absolute Gasteiger partial charge is 0 e. The molecule has 0 spiro atoms. The Morgan fingerprint density at radius 3 is 1.70 bits per heavy atom. The Kier molecular flexibility index (Phi) is 107. The van der Waals surface area contributed by atoms with Crippen LogP contribution >= 0.6 is 40.0 Å². The standard InChI is InChI=1S/C3H3N2.C2H5NO3.3CH4.CH3.2HI.HNO3.V.Y/c1-2-5-3-4-1;1-2-6-3(4)5;;;;;;;2-1(3)4;;/h1-3H;2H2,1H3;3*1H4;1H3;2*1H;(H,2,3,4);;/q-1;;;;;-1;;;;+2;/p-2. The molecule has 0 amide bonds. The van der Waals surface area contributed by atoms with Crippen LogP contribution in [0.25, 0.3) is 0 Å². The molecule has 23 heavy (non-hydrogen) atoms. The topological polar surface area (TPSA) is 143 Å². The van der Waals surface area contributed by atoms with Gasteiger partial charge < -0.3 is 27.4 Å². The monoisotopic (exact) mass is 678 g/mol. The van der Waals surface area contributed by atoms with Gasteiger partial charge >= 0.3 is 49.4 Å². The summed E-state index contributed by atoms with van der Waals surface area (Å²) in [5.74, 6) is 0. The Morgan fingerprint density at radius 1 is 1.30 bits per heavy atom. The molecule has 140 valence electrons. The quantitative estimate of drug-likeness (QED) is 0.214. The summed E-state index contributed by atoms with van der Waals surface area (Å²) in [6, 6.07) is 0. The van der Waals surface area contributed by atoms with E-state index in [1.54, 1.807) is 19.3 Å². The van der Waals surface area contributed by atoms with Gasteiger partial charge in [0.05, 0.1) is 6.61 Å². The second kappa shape index (κ2) is 49.5. The maximum absolute atomic E-state index is 9.18. The molecule has 0 bridgehead atoms. The van der Waals surface area contributed by atoms with E-state index in [2.05, 4.69) is 54.8 Å². The summed E-state index contributed by atoms with van der Waals surface area (Å²) < 4.78 is 0. The van der Waals surface area contributed by atoms with Gasteiger partial charge in [0, 0.05) is 32.7 Å². The second-order valence-electron chi connectivity index (χ2n) is 1.65. The van der Waals surface area contributed by atoms with Crippen LogP contribution in [0.4, 0.5) is 0 Å². The third kappa shape index (κ3) is 128. The van der Waals surface area contributed by atoms with E-state index in [9.17, 15) is 10.1 Å². The summed E-state index contributed by atoms with van der Waals surface area (Å²) in [5.41, 5.74) is 0. The van der Waals surface area contributed by atoms with Gasteiger partial charge in [-0.2, -0.15) is 0 Å². The van der Waals surface area contributed by atoms with Crippen LogP contribution in [0.5, 0.6) is 0 Å². The van der Waals surface area contributed by atoms with Gasteiger partial charge in [-0.05, 0) is 6.92 Å². The zero-order chi connectivity index (χ0) is 14.8. The molecule has 0 aliphatic carbocycles. The number of hydrogen-bond acceptors (Lipinski definition) is 6. The van der Waals surface area contributed by atoms with Gasteiger partial charge in [0.25, 0.3) is 10.2 Å². The first-order valence-corrected chi connectivity index (χ1v) is 12.8. The summed E-state index contributed by atoms with van der Waals surface area (Å²) >= 11 is 4.74. The fourth-order valence-corrected chi connectivity index (χ4v) is 0.298. The van der Waals surface area contributed by atoms with Crippen LogP contribution < -0.4 is 4.98 Å². The number of nitrogens with zero attached hydrogens (tertiary/aromatic N) is 4. The molecule has 1 radical (unpaired) electrons. The summed E-state index contributed by atoms with van der Waals surface area (Å²) in [6.45, 7) is 1.69. The maximum Gasteiger partial charge on any atom is 0 e. The van der Waals surface area contributed by atoms with Gasteiger partial charge in [0.15, 0.2) is 0 Å². The van der Waals surface area contributed by atoms with Crippen molar-refractivity contribution in [3.8, 4) is 0 Å². The van der Waals surface area contributed by atoms with Gasteiger partial charge in [-0.25, -0.2) is 0 Å². The third-order valence-corrected chi connectivity index (χ3v) is 0.607. The van der Waals surface area contributed by atoms with Crippen molar-refractivity contribution in [3.63, 3.8) is 0 Å². The first kappa shape index (κ1) is 49.6. The Bertz CT molecular complexity index is 268. The molecule has 14 heteroatoms. The largest absolute Gasteiger partial charge is 0.450 e. The minimum atomic E-state index is -1.50. The van der Waals surface area contributed by atoms with Gasteiger partial charge in [-0.3, -0.25) is 0 Å². The van der Waals surface area contributed by atoms with Crippen molar-refractivity contribution in [3.05, 3.63) is 46.4 Å². The molecule has 0 saturated carbocycles. The first-order valence-electron chi connectivity index (χ1n) is 3.81. The zero-order valence-corrected chi connectivity index (χ0v) is 19.0. The van der Waals surface area contributed by atoms with Crippen LogP contribution in [0.15, 0.2) is 18.7 Å². The molecule has 1 aromatic heterocycles. The van der Waals surface area contributed by atoms with E-state index in [4.69, 9.17) is 15.3 Å². The normalized spacial score (nSPS) is 5.35. The number of halogens is 2. The Balaban J connectivity index is -0.0000000207. The van der Waals surface area contributed by atoms with Crippen molar-refractivity contribution in [1.29, 1.82) is 0 Å². The van der Waals surface area contributed by atoms with Gasteiger partial charge in [0.2, 0.25) is 0 Å². The molecular weight excluding hydrogens is 654 g/mol. The fourth-order valence-electron chi connectivity index (χ4n) is 0.298. The predicted octanol–water partition coefficient (Wildman–Crippen LogP) is 4.03. The minimum Gasteiger partial charge on any atom is -0.450 e. The molecule has 1 heterocycles. The van der Waals surface area contributed by atoms with Crippen LogP contribution in [0.2, 0.25) is 0 Å². The summed E-state index contributed by atoms with van der Waals surface area (Å²) in [5, 5.41) is 22.0. The van der Waals surface area contributed by atoms with Crippen molar-refractivity contribution in [2.45, 2.75) is 29.2 Å². The number of hydrogen-bond donors (Lipinski definition) is 1. The van der Waals surface area contributed by atoms with Crippen molar-refractivity contribution in [1.82, 2.24) is 9.97 Å². The van der Waals surface area contributed by atoms with E-state index in [0.717, 1.165) is 0 Å². The van der Waals surface area contributed by atoms with Crippen LogP contribution in [-0.4, -0.2) is 27.0 Å². The molecule has 10 nitrogen and oxygen atoms in total. The minimum absolute atomic E-state index is 0. The molecule has 0 fully saturated rings. The van der Waals surface area contributed by atoms with E-state index in [-0.39, 0.29) is 69.0 Å². The summed E-state index contributed by atoms with van der Waals surface area (Å²) in [7, 11) is 0.628. The van der Waals surface area contributed by atoms with E-state index in [1.807, 2.05) is 0 Å². The van der Waals surface area contributed by atoms with E-state index in [1.165, 1.54) is 6.33 Å². The van der Waals surface area contributed by atoms with Gasteiger partial charge in [-0.15, -0.1) is 20.2 Å². The molecule has 0 aliphatic rings. The summed E-state index contributed by atoms with van der Waals surface area (Å²) in [4.78, 5) is 28.5. The van der Waals surface area contributed by atoms with Crippen LogP contribution in [-0.2, 0) is 47.0 Å². The Hall–Kier alpha value is 0.758. The molecular formula is C9H24I2N4O6VY-2. The first-order chi connectivity index (χ1) is 8.42. The molecule has 1 aromatic rings. The average molecular weight is 678 g/mol. The Labute approximate surface area is 192 Å². The van der Waals surface area contributed by atoms with Crippen molar-refractivity contribution in [2.24, 2.45) is 0 Å². The second-order valence-corrected chi connectivity index (χ2v) is 13.4. The molecule has 1 N–H and O–H groups in total. The SMILES string of the molecule is C.C.C.CCO[N+](=O)[O-].O=[N+]([O-])O.[CH3-].[I][V][I].[Y].c1c[n-]cn1. The fraction of sp³-hybridized carbons (Fsp3) is 0.556. The van der Waals surface area contributed by atoms with Crippen LogP contribution in [0, 0.1) is 27.7 Å². The van der Waals surface area contributed by atoms with E-state index >= 15 is 0 Å². The number of aromatic nitrogens is 2. The van der Waals surface area contributed by atoms with E-state index in [0.29, 0.717) is 9.47 Å². The number of imidazole rings is 1. The van der Waals surface area contributed by atoms with Crippen LogP contribution in [0.1, 0.15) is 29.2 Å². The number of rotatable bonds is 2. The molecule has 0 aliphatic heterocycles. The van der Waals surface area contributed by atoms with Gasteiger partial charge in [-0.1, -0.05) is 41.0 Å². The average Bonchev–Trinajstić information content (AvgIpc) is 2.74. The third-order valence-electron chi connectivity index (χ3n) is 0.607. The van der Waals surface area contributed by atoms with Gasteiger partial charge in [0.1, 0.15) is 0 Å². The molecule has 1 rings (SSSR count). The van der Waals surface area contributed by atoms with E-state index < -0.39 is 10.2 Å². The van der Waals surface area contributed by atoms with Crippen molar-refractivity contribution < 1.29 is 62.4 Å². The maximum atomic E-state index is 9.18. The van der Waals surface area contributed by atoms with Crippen molar-refractivity contribution in [2.75, 3.05) is 6.61 Å². The van der Waals surface area contributed by atoms with Crippen LogP contribution in [0.3, 0.4) is 0 Å². The molecule has 0 unspecified atom stereocenters.